The van der Waals surface area contributed by atoms with Gasteiger partial charge in [-0.1, -0.05) is 18.2 Å². The van der Waals surface area contributed by atoms with Crippen LogP contribution in [0.25, 0.3) is 5.69 Å². The van der Waals surface area contributed by atoms with Crippen LogP contribution in [0.3, 0.4) is 0 Å². The van der Waals surface area contributed by atoms with Crippen molar-refractivity contribution in [3.05, 3.63) is 60.2 Å². The molecule has 156 valence electrons. The Balaban J connectivity index is 1.34. The molecule has 1 saturated heterocycles. The fraction of sp³-hybridized carbons (Fsp3) is 0.300. The highest BCUT2D eigenvalue weighted by Gasteiger charge is 2.23. The van der Waals surface area contributed by atoms with E-state index in [2.05, 4.69) is 25.7 Å². The predicted molar refractivity (Wildman–Crippen MR) is 108 cm³/mol. The third-order valence-electron chi connectivity index (χ3n) is 4.96. The zero-order chi connectivity index (χ0) is 20.9. The molecule has 9 nitrogen and oxygen atoms in total. The SMILES string of the molecule is COc1ccccc1NC(=O)N1CCN(Cc2nnnn2-c2cccc(F)c2)CC1. The highest BCUT2D eigenvalue weighted by Crippen LogP contribution is 2.23. The number of carbonyl (C=O) groups is 1. The molecule has 1 aliphatic heterocycles. The molecule has 1 aromatic heterocycles. The highest BCUT2D eigenvalue weighted by atomic mass is 19.1. The molecule has 4 rings (SSSR count). The van der Waals surface area contributed by atoms with Crippen molar-refractivity contribution in [2.75, 3.05) is 38.6 Å². The van der Waals surface area contributed by atoms with E-state index in [1.807, 2.05) is 12.1 Å². The van der Waals surface area contributed by atoms with Gasteiger partial charge < -0.3 is 15.0 Å². The second kappa shape index (κ2) is 8.87. The average Bonchev–Trinajstić information content (AvgIpc) is 3.23. The molecular formula is C20H22FN7O2. The van der Waals surface area contributed by atoms with Crippen LogP contribution in [-0.2, 0) is 6.54 Å². The molecule has 0 saturated carbocycles. The number of carbonyl (C=O) groups excluding carboxylic acids is 1. The summed E-state index contributed by atoms with van der Waals surface area (Å²) in [6, 6.07) is 13.3. The van der Waals surface area contributed by atoms with E-state index in [4.69, 9.17) is 4.74 Å². The van der Waals surface area contributed by atoms with Crippen molar-refractivity contribution < 1.29 is 13.9 Å². The fourth-order valence-electron chi connectivity index (χ4n) is 3.36. The summed E-state index contributed by atoms with van der Waals surface area (Å²) in [5.41, 5.74) is 1.21. The maximum absolute atomic E-state index is 13.5. The second-order valence-corrected chi connectivity index (χ2v) is 6.88. The van der Waals surface area contributed by atoms with Crippen LogP contribution >= 0.6 is 0 Å². The van der Waals surface area contributed by atoms with Gasteiger partial charge in [-0.25, -0.2) is 9.18 Å². The number of aromatic nitrogens is 4. The van der Waals surface area contributed by atoms with Crippen molar-refractivity contribution in [1.29, 1.82) is 0 Å². The van der Waals surface area contributed by atoms with Crippen LogP contribution in [0.1, 0.15) is 5.82 Å². The highest BCUT2D eigenvalue weighted by molar-refractivity contribution is 5.91. The summed E-state index contributed by atoms with van der Waals surface area (Å²) >= 11 is 0. The first kappa shape index (κ1) is 19.8. The van der Waals surface area contributed by atoms with Gasteiger partial charge in [-0.05, 0) is 40.8 Å². The number of anilines is 1. The van der Waals surface area contributed by atoms with E-state index in [0.29, 0.717) is 55.7 Å². The van der Waals surface area contributed by atoms with Gasteiger partial charge in [0.1, 0.15) is 11.6 Å². The first-order chi connectivity index (χ1) is 14.6. The van der Waals surface area contributed by atoms with E-state index in [1.54, 1.807) is 36.3 Å². The number of methoxy groups -OCH3 is 1. The molecule has 1 aliphatic rings. The van der Waals surface area contributed by atoms with Crippen LogP contribution in [0.5, 0.6) is 5.75 Å². The summed E-state index contributed by atoms with van der Waals surface area (Å²) in [4.78, 5) is 16.5. The van der Waals surface area contributed by atoms with Crippen molar-refractivity contribution in [1.82, 2.24) is 30.0 Å². The topological polar surface area (TPSA) is 88.4 Å². The number of nitrogens with one attached hydrogen (secondary N) is 1. The van der Waals surface area contributed by atoms with E-state index in [1.165, 1.54) is 16.8 Å². The van der Waals surface area contributed by atoms with Crippen molar-refractivity contribution in [2.45, 2.75) is 6.54 Å². The normalized spacial score (nSPS) is 14.5. The Labute approximate surface area is 173 Å². The monoisotopic (exact) mass is 411 g/mol. The van der Waals surface area contributed by atoms with Crippen molar-refractivity contribution in [2.24, 2.45) is 0 Å². The van der Waals surface area contributed by atoms with Gasteiger partial charge in [0.25, 0.3) is 0 Å². The Bertz CT molecular complexity index is 1020. The number of hydrogen-bond donors (Lipinski definition) is 1. The molecule has 1 N–H and O–H groups in total. The standard InChI is InChI=1S/C20H22FN7O2/c1-30-18-8-3-2-7-17(18)22-20(29)27-11-9-26(10-12-27)14-19-23-24-25-28(19)16-6-4-5-15(21)13-16/h2-8,13H,9-12,14H2,1H3,(H,22,29). The van der Waals surface area contributed by atoms with Crippen LogP contribution in [0.4, 0.5) is 14.9 Å². The van der Waals surface area contributed by atoms with E-state index >= 15 is 0 Å². The second-order valence-electron chi connectivity index (χ2n) is 6.88. The molecule has 30 heavy (non-hydrogen) atoms. The molecule has 2 heterocycles. The molecule has 0 aliphatic carbocycles. The summed E-state index contributed by atoms with van der Waals surface area (Å²) in [5, 5.41) is 14.7. The molecule has 0 unspecified atom stereocenters. The van der Waals surface area contributed by atoms with Crippen LogP contribution in [0, 0.1) is 5.82 Å². The summed E-state index contributed by atoms with van der Waals surface area (Å²) in [7, 11) is 1.57. The maximum Gasteiger partial charge on any atom is 0.322 e. The molecule has 10 heteroatoms. The molecule has 3 aromatic rings. The summed E-state index contributed by atoms with van der Waals surface area (Å²) in [5.74, 6) is 0.893. The van der Waals surface area contributed by atoms with Crippen molar-refractivity contribution >= 4 is 11.7 Å². The molecule has 0 radical (unpaired) electrons. The third kappa shape index (κ3) is 4.38. The first-order valence-electron chi connectivity index (χ1n) is 9.58. The zero-order valence-electron chi connectivity index (χ0n) is 16.5. The molecule has 0 spiro atoms. The van der Waals surface area contributed by atoms with Gasteiger partial charge in [-0.3, -0.25) is 4.90 Å². The lowest BCUT2D eigenvalue weighted by Gasteiger charge is -2.34. The van der Waals surface area contributed by atoms with Crippen LogP contribution in [-0.4, -0.2) is 69.3 Å². The van der Waals surface area contributed by atoms with Gasteiger partial charge in [0.05, 0.1) is 25.0 Å². The van der Waals surface area contributed by atoms with Gasteiger partial charge in [0.2, 0.25) is 0 Å². The number of hydrogen-bond acceptors (Lipinski definition) is 6. The fourth-order valence-corrected chi connectivity index (χ4v) is 3.36. The van der Waals surface area contributed by atoms with E-state index in [0.717, 1.165) is 0 Å². The molecular weight excluding hydrogens is 389 g/mol. The Morgan fingerprint density at radius 3 is 2.70 bits per heavy atom. The summed E-state index contributed by atoms with van der Waals surface area (Å²) in [6.45, 7) is 3.00. The van der Waals surface area contributed by atoms with E-state index in [-0.39, 0.29) is 11.8 Å². The number of halogens is 1. The number of urea groups is 1. The van der Waals surface area contributed by atoms with Crippen molar-refractivity contribution in [3.8, 4) is 11.4 Å². The Morgan fingerprint density at radius 1 is 1.13 bits per heavy atom. The number of nitrogens with zero attached hydrogens (tertiary/aromatic N) is 6. The Kier molecular flexibility index (Phi) is 5.84. The zero-order valence-corrected chi connectivity index (χ0v) is 16.5. The third-order valence-corrected chi connectivity index (χ3v) is 4.96. The first-order valence-corrected chi connectivity index (χ1v) is 9.58. The smallest absolute Gasteiger partial charge is 0.322 e. The van der Waals surface area contributed by atoms with Gasteiger partial charge >= 0.3 is 6.03 Å². The van der Waals surface area contributed by atoms with Gasteiger partial charge in [0, 0.05) is 26.2 Å². The molecule has 0 bridgehead atoms. The minimum absolute atomic E-state index is 0.163. The molecule has 0 atom stereocenters. The van der Waals surface area contributed by atoms with Crippen LogP contribution < -0.4 is 10.1 Å². The Hall–Kier alpha value is -3.53. The van der Waals surface area contributed by atoms with Gasteiger partial charge in [-0.15, -0.1) is 5.10 Å². The number of para-hydroxylation sites is 2. The summed E-state index contributed by atoms with van der Waals surface area (Å²) in [6.07, 6.45) is 0. The quantitative estimate of drug-likeness (QED) is 0.692. The lowest BCUT2D eigenvalue weighted by Crippen LogP contribution is -2.49. The Morgan fingerprint density at radius 2 is 1.93 bits per heavy atom. The summed E-state index contributed by atoms with van der Waals surface area (Å²) < 4.78 is 20.3. The largest absolute Gasteiger partial charge is 0.495 e. The van der Waals surface area contributed by atoms with E-state index < -0.39 is 0 Å². The van der Waals surface area contributed by atoms with E-state index in [9.17, 15) is 9.18 Å². The maximum atomic E-state index is 13.5. The van der Waals surface area contributed by atoms with Gasteiger partial charge in [0.15, 0.2) is 5.82 Å². The van der Waals surface area contributed by atoms with Crippen molar-refractivity contribution in [3.63, 3.8) is 0 Å². The number of amides is 2. The molecule has 2 amide bonds. The van der Waals surface area contributed by atoms with Gasteiger partial charge in [-0.2, -0.15) is 4.68 Å². The lowest BCUT2D eigenvalue weighted by atomic mass is 10.3. The number of piperazine rings is 1. The predicted octanol–water partition coefficient (Wildman–Crippen LogP) is 2.16. The van der Waals surface area contributed by atoms with Crippen LogP contribution in [0.2, 0.25) is 0 Å². The minimum atomic E-state index is -0.344. The molecule has 2 aromatic carbocycles. The lowest BCUT2D eigenvalue weighted by molar-refractivity contribution is 0.140. The number of rotatable bonds is 5. The van der Waals surface area contributed by atoms with Crippen LogP contribution in [0.15, 0.2) is 48.5 Å². The number of tetrazole rings is 1. The number of benzene rings is 2. The average molecular weight is 411 g/mol. The number of ether oxygens (including phenoxy) is 1. The minimum Gasteiger partial charge on any atom is -0.495 e. The molecule has 1 fully saturated rings.